The SMILES string of the molecule is CC[C@@H]1CN=C(Nc2ccc(/C(C)=N\NC(=O)c3cc(C)oc3C)cc2)S1. The summed E-state index contributed by atoms with van der Waals surface area (Å²) in [6.07, 6.45) is 1.12. The molecule has 2 heterocycles. The molecule has 1 amide bonds. The van der Waals surface area contributed by atoms with Gasteiger partial charge in [-0.25, -0.2) is 5.43 Å². The molecule has 0 aliphatic carbocycles. The van der Waals surface area contributed by atoms with Gasteiger partial charge in [-0.1, -0.05) is 30.8 Å². The normalized spacial score (nSPS) is 17.0. The number of aliphatic imine (C=N–C) groups is 1. The maximum absolute atomic E-state index is 12.2. The summed E-state index contributed by atoms with van der Waals surface area (Å²) in [7, 11) is 0. The highest BCUT2D eigenvalue weighted by molar-refractivity contribution is 8.15. The first-order valence-electron chi connectivity index (χ1n) is 8.96. The number of aryl methyl sites for hydroxylation is 2. The van der Waals surface area contributed by atoms with Crippen LogP contribution in [0.3, 0.4) is 0 Å². The van der Waals surface area contributed by atoms with Gasteiger partial charge in [0.1, 0.15) is 11.5 Å². The topological polar surface area (TPSA) is 79.0 Å². The molecule has 1 aliphatic rings. The Labute approximate surface area is 163 Å². The number of hydrogen-bond donors (Lipinski definition) is 2. The molecule has 0 bridgehead atoms. The molecule has 2 aromatic rings. The second kappa shape index (κ2) is 8.43. The average molecular weight is 385 g/mol. The van der Waals surface area contributed by atoms with Gasteiger partial charge in [0.25, 0.3) is 5.91 Å². The predicted molar refractivity (Wildman–Crippen MR) is 112 cm³/mol. The van der Waals surface area contributed by atoms with Crippen molar-refractivity contribution in [3.63, 3.8) is 0 Å². The van der Waals surface area contributed by atoms with E-state index >= 15 is 0 Å². The lowest BCUT2D eigenvalue weighted by Crippen LogP contribution is -2.19. The van der Waals surface area contributed by atoms with Crippen LogP contribution >= 0.6 is 11.8 Å². The number of amides is 1. The first-order chi connectivity index (χ1) is 13.0. The van der Waals surface area contributed by atoms with Crippen LogP contribution in [-0.4, -0.2) is 28.6 Å². The van der Waals surface area contributed by atoms with Gasteiger partial charge in [-0.2, -0.15) is 5.10 Å². The number of amidine groups is 1. The van der Waals surface area contributed by atoms with E-state index in [-0.39, 0.29) is 5.91 Å². The Bertz CT molecular complexity index is 884. The third-order valence-corrected chi connectivity index (χ3v) is 5.61. The molecular weight excluding hydrogens is 360 g/mol. The first kappa shape index (κ1) is 19.2. The molecule has 0 radical (unpaired) electrons. The lowest BCUT2D eigenvalue weighted by Gasteiger charge is -2.08. The summed E-state index contributed by atoms with van der Waals surface area (Å²) in [4.78, 5) is 16.7. The second-order valence-electron chi connectivity index (χ2n) is 6.46. The molecule has 1 aromatic heterocycles. The number of benzene rings is 1. The molecule has 142 valence electrons. The zero-order valence-corrected chi connectivity index (χ0v) is 16.8. The third-order valence-electron chi connectivity index (χ3n) is 4.34. The molecule has 0 fully saturated rings. The Hall–Kier alpha value is -2.54. The number of carbonyl (C=O) groups is 1. The average Bonchev–Trinajstić information content (AvgIpc) is 3.25. The number of furan rings is 1. The fourth-order valence-corrected chi connectivity index (χ4v) is 3.69. The van der Waals surface area contributed by atoms with Crippen molar-refractivity contribution in [3.05, 3.63) is 53.0 Å². The lowest BCUT2D eigenvalue weighted by atomic mass is 10.1. The Morgan fingerprint density at radius 3 is 2.67 bits per heavy atom. The predicted octanol–water partition coefficient (Wildman–Crippen LogP) is 4.34. The van der Waals surface area contributed by atoms with Crippen molar-refractivity contribution >= 4 is 34.2 Å². The monoisotopic (exact) mass is 384 g/mol. The molecule has 1 aromatic carbocycles. The highest BCUT2D eigenvalue weighted by Gasteiger charge is 2.17. The van der Waals surface area contributed by atoms with E-state index < -0.39 is 0 Å². The summed E-state index contributed by atoms with van der Waals surface area (Å²) in [6.45, 7) is 8.49. The molecule has 6 nitrogen and oxygen atoms in total. The number of hydrogen-bond acceptors (Lipinski definition) is 6. The van der Waals surface area contributed by atoms with E-state index in [1.807, 2.05) is 38.1 Å². The van der Waals surface area contributed by atoms with Crippen molar-refractivity contribution in [3.8, 4) is 0 Å². The van der Waals surface area contributed by atoms with Crippen LogP contribution in [0.1, 0.15) is 47.7 Å². The van der Waals surface area contributed by atoms with Crippen LogP contribution in [0.15, 0.2) is 44.8 Å². The Morgan fingerprint density at radius 1 is 1.33 bits per heavy atom. The van der Waals surface area contributed by atoms with Gasteiger partial charge in [-0.05, 0) is 51.0 Å². The van der Waals surface area contributed by atoms with E-state index in [9.17, 15) is 4.79 Å². The minimum Gasteiger partial charge on any atom is -0.466 e. The smallest absolute Gasteiger partial charge is 0.274 e. The lowest BCUT2D eigenvalue weighted by molar-refractivity contribution is 0.0953. The van der Waals surface area contributed by atoms with Crippen LogP contribution < -0.4 is 10.7 Å². The highest BCUT2D eigenvalue weighted by Crippen LogP contribution is 2.24. The number of carbonyl (C=O) groups excluding carboxylic acids is 1. The molecular formula is C20H24N4O2S. The number of nitrogens with one attached hydrogen (secondary N) is 2. The van der Waals surface area contributed by atoms with Crippen LogP contribution in [0.2, 0.25) is 0 Å². The summed E-state index contributed by atoms with van der Waals surface area (Å²) in [6, 6.07) is 9.63. The van der Waals surface area contributed by atoms with E-state index in [2.05, 4.69) is 27.8 Å². The molecule has 1 atom stereocenters. The molecule has 27 heavy (non-hydrogen) atoms. The maximum Gasteiger partial charge on any atom is 0.274 e. The van der Waals surface area contributed by atoms with Crippen molar-refractivity contribution in [2.24, 2.45) is 10.1 Å². The molecule has 7 heteroatoms. The summed E-state index contributed by atoms with van der Waals surface area (Å²) in [5.74, 6) is 1.02. The highest BCUT2D eigenvalue weighted by atomic mass is 32.2. The van der Waals surface area contributed by atoms with Crippen LogP contribution in [0.25, 0.3) is 0 Å². The summed E-state index contributed by atoms with van der Waals surface area (Å²) < 4.78 is 5.38. The van der Waals surface area contributed by atoms with Crippen LogP contribution in [-0.2, 0) is 0 Å². The van der Waals surface area contributed by atoms with Gasteiger partial charge < -0.3 is 9.73 Å². The molecule has 0 unspecified atom stereocenters. The summed E-state index contributed by atoms with van der Waals surface area (Å²) >= 11 is 1.79. The van der Waals surface area contributed by atoms with Crippen LogP contribution in [0.5, 0.6) is 0 Å². The van der Waals surface area contributed by atoms with Crippen molar-refractivity contribution in [1.82, 2.24) is 5.43 Å². The minimum absolute atomic E-state index is 0.274. The third kappa shape index (κ3) is 4.80. The van der Waals surface area contributed by atoms with Gasteiger partial charge in [-0.3, -0.25) is 9.79 Å². The van der Waals surface area contributed by atoms with Crippen LogP contribution in [0, 0.1) is 13.8 Å². The number of nitrogens with zero attached hydrogens (tertiary/aromatic N) is 2. The maximum atomic E-state index is 12.2. The fourth-order valence-electron chi connectivity index (χ4n) is 2.73. The van der Waals surface area contributed by atoms with E-state index in [1.54, 1.807) is 24.8 Å². The summed E-state index contributed by atoms with van der Waals surface area (Å²) in [5.41, 5.74) is 5.75. The van der Waals surface area contributed by atoms with E-state index in [4.69, 9.17) is 4.42 Å². The standard InChI is InChI=1S/C20H24N4O2S/c1-5-17-11-21-20(27-17)22-16-8-6-15(7-9-16)13(3)23-24-19(25)18-10-12(2)26-14(18)4/h6-10,17H,5,11H2,1-4H3,(H,21,22)(H,24,25)/b23-13-/t17-/m1/s1. The van der Waals surface area contributed by atoms with Gasteiger partial charge in [0, 0.05) is 10.9 Å². The molecule has 2 N–H and O–H groups in total. The first-order valence-corrected chi connectivity index (χ1v) is 9.84. The van der Waals surface area contributed by atoms with Gasteiger partial charge in [-0.15, -0.1) is 0 Å². The van der Waals surface area contributed by atoms with Gasteiger partial charge in [0.2, 0.25) is 0 Å². The quantitative estimate of drug-likeness (QED) is 0.593. The van der Waals surface area contributed by atoms with Crippen molar-refractivity contribution in [1.29, 1.82) is 0 Å². The van der Waals surface area contributed by atoms with Gasteiger partial charge >= 0.3 is 0 Å². The summed E-state index contributed by atoms with van der Waals surface area (Å²) in [5, 5.41) is 9.09. The molecule has 0 saturated carbocycles. The number of hydrazone groups is 1. The minimum atomic E-state index is -0.274. The number of thioether (sulfide) groups is 1. The molecule has 0 spiro atoms. The van der Waals surface area contributed by atoms with Crippen molar-refractivity contribution < 1.29 is 9.21 Å². The van der Waals surface area contributed by atoms with E-state index in [1.165, 1.54) is 0 Å². The Balaban J connectivity index is 1.60. The van der Waals surface area contributed by atoms with Gasteiger partial charge in [0.05, 0.1) is 17.8 Å². The zero-order valence-electron chi connectivity index (χ0n) is 16.0. The molecule has 3 rings (SSSR count). The number of anilines is 1. The Kier molecular flexibility index (Phi) is 6.01. The van der Waals surface area contributed by atoms with Gasteiger partial charge in [0.15, 0.2) is 5.17 Å². The number of rotatable bonds is 5. The largest absolute Gasteiger partial charge is 0.466 e. The molecule has 0 saturated heterocycles. The Morgan fingerprint density at radius 2 is 2.07 bits per heavy atom. The molecule has 1 aliphatic heterocycles. The fraction of sp³-hybridized carbons (Fsp3) is 0.350. The zero-order chi connectivity index (χ0) is 19.4. The van der Waals surface area contributed by atoms with E-state index in [0.29, 0.717) is 22.3 Å². The van der Waals surface area contributed by atoms with Crippen molar-refractivity contribution in [2.45, 2.75) is 39.4 Å². The van der Waals surface area contributed by atoms with Crippen LogP contribution in [0.4, 0.5) is 5.69 Å². The van der Waals surface area contributed by atoms with E-state index in [0.717, 1.165) is 35.1 Å². The second-order valence-corrected chi connectivity index (χ2v) is 7.75. The van der Waals surface area contributed by atoms with Crippen molar-refractivity contribution in [2.75, 3.05) is 11.9 Å².